The summed E-state index contributed by atoms with van der Waals surface area (Å²) in [6.45, 7) is 4.68. The first-order valence-electron chi connectivity index (χ1n) is 6.28. The number of nitrogens with zero attached hydrogens (tertiary/aromatic N) is 3. The lowest BCUT2D eigenvalue weighted by atomic mass is 10.1. The molecule has 0 aliphatic heterocycles. The monoisotopic (exact) mass is 252 g/mol. The van der Waals surface area contributed by atoms with Crippen LogP contribution in [0.2, 0.25) is 0 Å². The minimum absolute atomic E-state index is 0.466. The summed E-state index contributed by atoms with van der Waals surface area (Å²) in [6.07, 6.45) is 5.43. The summed E-state index contributed by atoms with van der Waals surface area (Å²) < 4.78 is 2.08. The van der Waals surface area contributed by atoms with Crippen LogP contribution < -0.4 is 5.73 Å². The summed E-state index contributed by atoms with van der Waals surface area (Å²) in [5, 5.41) is 0. The highest BCUT2D eigenvalue weighted by Crippen LogP contribution is 2.23. The van der Waals surface area contributed by atoms with E-state index in [-0.39, 0.29) is 0 Å². The molecule has 1 aromatic carbocycles. The third-order valence-corrected chi connectivity index (χ3v) is 3.52. The van der Waals surface area contributed by atoms with Gasteiger partial charge in [-0.2, -0.15) is 0 Å². The first kappa shape index (κ1) is 11.9. The lowest BCUT2D eigenvalue weighted by molar-refractivity contribution is 0.982. The molecule has 19 heavy (non-hydrogen) atoms. The van der Waals surface area contributed by atoms with Crippen molar-refractivity contribution >= 4 is 11.0 Å². The van der Waals surface area contributed by atoms with E-state index in [0.717, 1.165) is 22.3 Å². The Bertz CT molecular complexity index is 743. The zero-order valence-corrected chi connectivity index (χ0v) is 11.1. The number of hydrogen-bond donors (Lipinski definition) is 1. The van der Waals surface area contributed by atoms with Crippen molar-refractivity contribution in [3.05, 3.63) is 53.6 Å². The molecule has 0 bridgehead atoms. The lowest BCUT2D eigenvalue weighted by Crippen LogP contribution is -2.04. The maximum Gasteiger partial charge on any atom is 0.100 e. The topological polar surface area (TPSA) is 56.7 Å². The third-order valence-electron chi connectivity index (χ3n) is 3.52. The van der Waals surface area contributed by atoms with E-state index < -0.39 is 0 Å². The Balaban J connectivity index is 2.28. The SMILES string of the molecule is Cc1cc2ncn(-c3ccncc3CN)c2cc1C. The van der Waals surface area contributed by atoms with Gasteiger partial charge >= 0.3 is 0 Å². The molecule has 2 heterocycles. The van der Waals surface area contributed by atoms with Crippen molar-refractivity contribution in [1.29, 1.82) is 0 Å². The molecule has 0 saturated carbocycles. The Labute approximate surface area is 111 Å². The van der Waals surface area contributed by atoms with Gasteiger partial charge in [0.25, 0.3) is 0 Å². The van der Waals surface area contributed by atoms with E-state index in [9.17, 15) is 0 Å². The van der Waals surface area contributed by atoms with Gasteiger partial charge in [-0.05, 0) is 43.2 Å². The largest absolute Gasteiger partial charge is 0.326 e. The summed E-state index contributed by atoms with van der Waals surface area (Å²) in [6, 6.07) is 6.25. The van der Waals surface area contributed by atoms with Crippen LogP contribution in [0.4, 0.5) is 0 Å². The maximum absolute atomic E-state index is 5.78. The van der Waals surface area contributed by atoms with Gasteiger partial charge in [-0.25, -0.2) is 4.98 Å². The first-order chi connectivity index (χ1) is 9.20. The van der Waals surface area contributed by atoms with Crippen molar-refractivity contribution in [1.82, 2.24) is 14.5 Å². The molecule has 0 atom stereocenters. The van der Waals surface area contributed by atoms with Crippen LogP contribution >= 0.6 is 0 Å². The van der Waals surface area contributed by atoms with Gasteiger partial charge in [-0.15, -0.1) is 0 Å². The summed E-state index contributed by atoms with van der Waals surface area (Å²) in [7, 11) is 0. The molecule has 96 valence electrons. The normalized spacial score (nSPS) is 11.1. The van der Waals surface area contributed by atoms with E-state index in [1.165, 1.54) is 11.1 Å². The Hall–Kier alpha value is -2.20. The third kappa shape index (κ3) is 1.90. The fourth-order valence-corrected chi connectivity index (χ4v) is 2.27. The molecular weight excluding hydrogens is 236 g/mol. The van der Waals surface area contributed by atoms with Crippen molar-refractivity contribution in [3.8, 4) is 5.69 Å². The summed E-state index contributed by atoms with van der Waals surface area (Å²) in [4.78, 5) is 8.60. The van der Waals surface area contributed by atoms with E-state index in [2.05, 4.69) is 40.5 Å². The van der Waals surface area contributed by atoms with Gasteiger partial charge in [-0.1, -0.05) is 0 Å². The minimum Gasteiger partial charge on any atom is -0.326 e. The van der Waals surface area contributed by atoms with Gasteiger partial charge in [0.1, 0.15) is 6.33 Å². The zero-order valence-electron chi connectivity index (χ0n) is 11.1. The Morgan fingerprint density at radius 2 is 2.00 bits per heavy atom. The maximum atomic E-state index is 5.78. The van der Waals surface area contributed by atoms with Crippen molar-refractivity contribution < 1.29 is 0 Å². The van der Waals surface area contributed by atoms with E-state index >= 15 is 0 Å². The number of pyridine rings is 1. The lowest BCUT2D eigenvalue weighted by Gasteiger charge is -2.09. The molecule has 0 unspecified atom stereocenters. The molecule has 3 rings (SSSR count). The summed E-state index contributed by atoms with van der Waals surface area (Å²) in [5.74, 6) is 0. The van der Waals surface area contributed by atoms with Crippen molar-refractivity contribution in [2.45, 2.75) is 20.4 Å². The van der Waals surface area contributed by atoms with E-state index in [1.54, 1.807) is 6.20 Å². The standard InChI is InChI=1S/C15H16N4/c1-10-5-13-15(6-11(10)2)19(9-18-13)14-3-4-17-8-12(14)7-16/h3-6,8-9H,7,16H2,1-2H3. The van der Waals surface area contributed by atoms with Crippen LogP contribution in [0.5, 0.6) is 0 Å². The van der Waals surface area contributed by atoms with E-state index in [4.69, 9.17) is 5.73 Å². The molecule has 2 N–H and O–H groups in total. The number of imidazole rings is 1. The quantitative estimate of drug-likeness (QED) is 0.762. The van der Waals surface area contributed by atoms with Gasteiger partial charge < -0.3 is 5.73 Å². The molecule has 4 nitrogen and oxygen atoms in total. The molecule has 0 radical (unpaired) electrons. The van der Waals surface area contributed by atoms with Gasteiger partial charge in [0.15, 0.2) is 0 Å². The highest BCUT2D eigenvalue weighted by Gasteiger charge is 2.09. The van der Waals surface area contributed by atoms with Crippen LogP contribution in [0.15, 0.2) is 36.9 Å². The van der Waals surface area contributed by atoms with Crippen molar-refractivity contribution in [3.63, 3.8) is 0 Å². The fraction of sp³-hybridized carbons (Fsp3) is 0.200. The molecule has 3 aromatic rings. The number of nitrogens with two attached hydrogens (primary N) is 1. The molecule has 0 aliphatic rings. The molecule has 0 fully saturated rings. The van der Waals surface area contributed by atoms with Crippen LogP contribution in [-0.4, -0.2) is 14.5 Å². The average Bonchev–Trinajstić information content (AvgIpc) is 2.82. The Kier molecular flexibility index (Phi) is 2.80. The summed E-state index contributed by atoms with van der Waals surface area (Å²) >= 11 is 0. The number of fused-ring (bicyclic) bond motifs is 1. The second kappa shape index (κ2) is 4.48. The van der Waals surface area contributed by atoms with Crippen LogP contribution in [0.1, 0.15) is 16.7 Å². The van der Waals surface area contributed by atoms with Crippen LogP contribution in [0.3, 0.4) is 0 Å². The van der Waals surface area contributed by atoms with Crippen molar-refractivity contribution in [2.75, 3.05) is 0 Å². The molecule has 0 amide bonds. The molecule has 0 saturated heterocycles. The minimum atomic E-state index is 0.466. The van der Waals surface area contributed by atoms with E-state index in [1.807, 2.05) is 18.6 Å². The van der Waals surface area contributed by atoms with Gasteiger partial charge in [-0.3, -0.25) is 9.55 Å². The first-order valence-corrected chi connectivity index (χ1v) is 6.28. The molecule has 0 aliphatic carbocycles. The van der Waals surface area contributed by atoms with Gasteiger partial charge in [0, 0.05) is 24.5 Å². The van der Waals surface area contributed by atoms with Gasteiger partial charge in [0.05, 0.1) is 16.7 Å². The highest BCUT2D eigenvalue weighted by molar-refractivity contribution is 5.79. The molecule has 0 spiro atoms. The van der Waals surface area contributed by atoms with Gasteiger partial charge in [0.2, 0.25) is 0 Å². The predicted molar refractivity (Wildman–Crippen MR) is 76.2 cm³/mol. The van der Waals surface area contributed by atoms with Crippen molar-refractivity contribution in [2.24, 2.45) is 5.73 Å². The smallest absolute Gasteiger partial charge is 0.100 e. The molecular formula is C15H16N4. The zero-order chi connectivity index (χ0) is 13.4. The predicted octanol–water partition coefficient (Wildman–Crippen LogP) is 2.50. The number of hydrogen-bond acceptors (Lipinski definition) is 3. The number of aromatic nitrogens is 3. The Morgan fingerprint density at radius 3 is 2.79 bits per heavy atom. The van der Waals surface area contributed by atoms with Crippen LogP contribution in [0.25, 0.3) is 16.7 Å². The average molecular weight is 252 g/mol. The number of benzene rings is 1. The van der Waals surface area contributed by atoms with Crippen LogP contribution in [-0.2, 0) is 6.54 Å². The molecule has 4 heteroatoms. The number of rotatable bonds is 2. The highest BCUT2D eigenvalue weighted by atomic mass is 15.1. The van der Waals surface area contributed by atoms with Crippen LogP contribution in [0, 0.1) is 13.8 Å². The number of aryl methyl sites for hydroxylation is 2. The molecule has 2 aromatic heterocycles. The second-order valence-electron chi connectivity index (χ2n) is 4.75. The van der Waals surface area contributed by atoms with E-state index in [0.29, 0.717) is 6.54 Å². The second-order valence-corrected chi connectivity index (χ2v) is 4.75. The fourth-order valence-electron chi connectivity index (χ4n) is 2.27. The summed E-state index contributed by atoms with van der Waals surface area (Å²) in [5.41, 5.74) is 12.5. The Morgan fingerprint density at radius 1 is 1.21 bits per heavy atom.